The van der Waals surface area contributed by atoms with Gasteiger partial charge in [-0.1, -0.05) is 87.4 Å². The summed E-state index contributed by atoms with van der Waals surface area (Å²) in [6.45, 7) is 6.44. The first kappa shape index (κ1) is 39.2. The van der Waals surface area contributed by atoms with Crippen molar-refractivity contribution in [2.75, 3.05) is 26.2 Å². The van der Waals surface area contributed by atoms with Crippen LogP contribution >= 0.6 is 0 Å². The van der Waals surface area contributed by atoms with Crippen LogP contribution in [0.4, 0.5) is 0 Å². The summed E-state index contributed by atoms with van der Waals surface area (Å²) in [6, 6.07) is 15.2. The largest absolute Gasteiger partial charge is 0.370 e. The molecule has 0 aliphatic carbocycles. The van der Waals surface area contributed by atoms with E-state index in [1.807, 2.05) is 67.6 Å². The number of piperidine rings is 1. The molecule has 12 nitrogen and oxygen atoms in total. The van der Waals surface area contributed by atoms with E-state index < -0.39 is 41.9 Å². The SMILES string of the molecule is CCCC[C@@H](NC(=O)[C@@H](Cc1ccccc1)NC(=O)[C@H](N)Cc1ccccc1)C(=O)N[C@H](CCCN=C(N)N)C(=O)CN1CCC(C)CC1. The third-order valence-electron chi connectivity index (χ3n) is 8.94. The number of guanidine groups is 1. The normalized spacial score (nSPS) is 16.1. The van der Waals surface area contributed by atoms with Gasteiger partial charge in [-0.25, -0.2) is 0 Å². The van der Waals surface area contributed by atoms with Crippen LogP contribution in [0.3, 0.4) is 0 Å². The van der Waals surface area contributed by atoms with Crippen LogP contribution in [0, 0.1) is 5.92 Å². The molecule has 49 heavy (non-hydrogen) atoms. The predicted molar refractivity (Wildman–Crippen MR) is 193 cm³/mol. The maximum atomic E-state index is 13.9. The smallest absolute Gasteiger partial charge is 0.243 e. The number of aliphatic imine (C=N–C) groups is 1. The number of amides is 3. The first-order valence-electron chi connectivity index (χ1n) is 17.6. The number of rotatable bonds is 20. The van der Waals surface area contributed by atoms with E-state index in [4.69, 9.17) is 17.2 Å². The molecule has 12 heteroatoms. The summed E-state index contributed by atoms with van der Waals surface area (Å²) < 4.78 is 0. The van der Waals surface area contributed by atoms with Gasteiger partial charge < -0.3 is 33.2 Å². The average molecular weight is 677 g/mol. The molecule has 1 heterocycles. The molecule has 4 atom stereocenters. The first-order chi connectivity index (χ1) is 23.5. The fraction of sp³-hybridized carbons (Fsp3) is 0.541. The van der Waals surface area contributed by atoms with Crippen molar-refractivity contribution in [2.45, 2.75) is 95.8 Å². The summed E-state index contributed by atoms with van der Waals surface area (Å²) >= 11 is 0. The zero-order valence-electron chi connectivity index (χ0n) is 29.1. The molecule has 9 N–H and O–H groups in total. The standard InChI is InChI=1S/C37H56N8O4/c1-3-4-16-31(35(48)42-30(17-11-20-41-37(39)40)33(46)25-45-21-18-26(2)19-22-45)43-36(49)32(24-28-14-9-6-10-15-28)44-34(47)29(38)23-27-12-7-5-8-13-27/h5-10,12-15,26,29-32H,3-4,11,16-25,38H2,1-2H3,(H,42,48)(H,43,49)(H,44,47)(H4,39,40,41)/t29-,30-,31-,32-/m1/s1. The lowest BCUT2D eigenvalue weighted by atomic mass is 9.98. The summed E-state index contributed by atoms with van der Waals surface area (Å²) in [7, 11) is 0. The van der Waals surface area contributed by atoms with Crippen LogP contribution in [-0.2, 0) is 32.0 Å². The fourth-order valence-corrected chi connectivity index (χ4v) is 5.89. The number of carbonyl (C=O) groups is 4. The van der Waals surface area contributed by atoms with Gasteiger partial charge in [-0.3, -0.25) is 29.1 Å². The van der Waals surface area contributed by atoms with Crippen LogP contribution < -0.4 is 33.2 Å². The molecule has 268 valence electrons. The average Bonchev–Trinajstić information content (AvgIpc) is 3.09. The molecular formula is C37H56N8O4. The van der Waals surface area contributed by atoms with E-state index in [1.54, 1.807) is 0 Å². The fourth-order valence-electron chi connectivity index (χ4n) is 5.89. The number of benzene rings is 2. The Labute approximate surface area is 291 Å². The lowest BCUT2D eigenvalue weighted by molar-refractivity contribution is -0.134. The van der Waals surface area contributed by atoms with Crippen LogP contribution in [0.25, 0.3) is 0 Å². The van der Waals surface area contributed by atoms with Gasteiger partial charge in [-0.15, -0.1) is 0 Å². The molecule has 2 aromatic rings. The summed E-state index contributed by atoms with van der Waals surface area (Å²) in [5, 5.41) is 8.68. The number of hydrogen-bond acceptors (Lipinski definition) is 7. The van der Waals surface area contributed by atoms with Crippen molar-refractivity contribution >= 4 is 29.5 Å². The zero-order valence-corrected chi connectivity index (χ0v) is 29.1. The number of likely N-dealkylation sites (tertiary alicyclic amines) is 1. The summed E-state index contributed by atoms with van der Waals surface area (Å²) in [4.78, 5) is 60.7. The lowest BCUT2D eigenvalue weighted by Gasteiger charge is -2.31. The number of carbonyl (C=O) groups excluding carboxylic acids is 4. The number of unbranched alkanes of at least 4 members (excludes halogenated alkanes) is 1. The Morgan fingerprint density at radius 2 is 1.31 bits per heavy atom. The Morgan fingerprint density at radius 3 is 1.90 bits per heavy atom. The maximum Gasteiger partial charge on any atom is 0.243 e. The van der Waals surface area contributed by atoms with Crippen molar-refractivity contribution in [1.29, 1.82) is 0 Å². The van der Waals surface area contributed by atoms with Gasteiger partial charge in [0.05, 0.1) is 18.6 Å². The van der Waals surface area contributed by atoms with Crippen LogP contribution in [0.5, 0.6) is 0 Å². The van der Waals surface area contributed by atoms with E-state index in [9.17, 15) is 19.2 Å². The molecule has 1 aliphatic rings. The number of ketones is 1. The molecule has 0 spiro atoms. The summed E-state index contributed by atoms with van der Waals surface area (Å²) in [5.41, 5.74) is 19.0. The molecule has 1 saturated heterocycles. The number of nitrogens with zero attached hydrogens (tertiary/aromatic N) is 2. The highest BCUT2D eigenvalue weighted by atomic mass is 16.2. The minimum Gasteiger partial charge on any atom is -0.370 e. The third kappa shape index (κ3) is 14.4. The number of Topliss-reactive ketones (excluding diaryl/α,β-unsaturated/α-hetero) is 1. The van der Waals surface area contributed by atoms with E-state index in [0.29, 0.717) is 44.6 Å². The van der Waals surface area contributed by atoms with Crippen LogP contribution in [-0.4, -0.2) is 84.7 Å². The Kier molecular flexibility index (Phi) is 16.7. The zero-order chi connectivity index (χ0) is 35.6. The molecule has 3 amide bonds. The molecule has 0 bridgehead atoms. The second kappa shape index (κ2) is 20.9. The second-order valence-electron chi connectivity index (χ2n) is 13.2. The van der Waals surface area contributed by atoms with Crippen molar-refractivity contribution in [2.24, 2.45) is 28.1 Å². The monoisotopic (exact) mass is 676 g/mol. The molecule has 2 aromatic carbocycles. The molecular weight excluding hydrogens is 620 g/mol. The van der Waals surface area contributed by atoms with Crippen molar-refractivity contribution in [1.82, 2.24) is 20.9 Å². The molecule has 1 fully saturated rings. The molecule has 0 radical (unpaired) electrons. The molecule has 0 unspecified atom stereocenters. The van der Waals surface area contributed by atoms with Crippen molar-refractivity contribution in [3.05, 3.63) is 71.8 Å². The minimum absolute atomic E-state index is 0.0325. The van der Waals surface area contributed by atoms with E-state index >= 15 is 0 Å². The summed E-state index contributed by atoms with van der Waals surface area (Å²) in [6.07, 6.45) is 5.25. The Bertz CT molecular complexity index is 1340. The third-order valence-corrected chi connectivity index (χ3v) is 8.94. The van der Waals surface area contributed by atoms with E-state index in [-0.39, 0.29) is 24.7 Å². The number of hydrogen-bond donors (Lipinski definition) is 6. The highest BCUT2D eigenvalue weighted by Gasteiger charge is 2.31. The van der Waals surface area contributed by atoms with Crippen molar-refractivity contribution < 1.29 is 19.2 Å². The van der Waals surface area contributed by atoms with E-state index in [0.717, 1.165) is 43.5 Å². The van der Waals surface area contributed by atoms with Crippen LogP contribution in [0.1, 0.15) is 69.9 Å². The van der Waals surface area contributed by atoms with Gasteiger partial charge in [0.25, 0.3) is 0 Å². The highest BCUT2D eigenvalue weighted by molar-refractivity contribution is 5.95. The van der Waals surface area contributed by atoms with Gasteiger partial charge >= 0.3 is 0 Å². The Balaban J connectivity index is 1.75. The first-order valence-corrected chi connectivity index (χ1v) is 17.6. The minimum atomic E-state index is -0.979. The van der Waals surface area contributed by atoms with Gasteiger partial charge in [0.2, 0.25) is 17.7 Å². The maximum absolute atomic E-state index is 13.9. The van der Waals surface area contributed by atoms with Crippen molar-refractivity contribution in [3.8, 4) is 0 Å². The van der Waals surface area contributed by atoms with Gasteiger partial charge in [0.1, 0.15) is 12.1 Å². The summed E-state index contributed by atoms with van der Waals surface area (Å²) in [5.74, 6) is -0.907. The van der Waals surface area contributed by atoms with Crippen LogP contribution in [0.15, 0.2) is 65.7 Å². The van der Waals surface area contributed by atoms with Gasteiger partial charge in [-0.2, -0.15) is 0 Å². The van der Waals surface area contributed by atoms with Crippen LogP contribution in [0.2, 0.25) is 0 Å². The number of nitrogens with two attached hydrogens (primary N) is 3. The number of nitrogens with one attached hydrogen (secondary N) is 3. The second-order valence-corrected chi connectivity index (χ2v) is 13.2. The molecule has 1 aliphatic heterocycles. The van der Waals surface area contributed by atoms with Crippen molar-refractivity contribution in [3.63, 3.8) is 0 Å². The molecule has 3 rings (SSSR count). The molecule has 0 aromatic heterocycles. The lowest BCUT2D eigenvalue weighted by Crippen LogP contribution is -2.58. The topological polar surface area (TPSA) is 198 Å². The van der Waals surface area contributed by atoms with E-state index in [2.05, 4.69) is 32.8 Å². The predicted octanol–water partition coefficient (Wildman–Crippen LogP) is 1.80. The van der Waals surface area contributed by atoms with Gasteiger partial charge in [-0.05, 0) is 68.7 Å². The highest BCUT2D eigenvalue weighted by Crippen LogP contribution is 2.16. The Morgan fingerprint density at radius 1 is 0.776 bits per heavy atom. The van der Waals surface area contributed by atoms with Gasteiger partial charge in [0, 0.05) is 13.0 Å². The Hall–Kier alpha value is -4.29. The van der Waals surface area contributed by atoms with E-state index in [1.165, 1.54) is 0 Å². The molecule has 0 saturated carbocycles. The quantitative estimate of drug-likeness (QED) is 0.0693. The van der Waals surface area contributed by atoms with Gasteiger partial charge in [0.15, 0.2) is 11.7 Å².